The zero-order chi connectivity index (χ0) is 26.2. The fourth-order valence-corrected chi connectivity index (χ4v) is 4.85. The Balaban J connectivity index is 2.13. The minimum atomic E-state index is -0.446. The summed E-state index contributed by atoms with van der Waals surface area (Å²) in [5.41, 5.74) is 1.06. The third-order valence-corrected chi connectivity index (χ3v) is 6.60. The summed E-state index contributed by atoms with van der Waals surface area (Å²) in [6, 6.07) is 9.81. The molecule has 1 N–H and O–H groups in total. The number of ketones is 2. The third kappa shape index (κ3) is 6.16. The molecule has 0 aliphatic heterocycles. The van der Waals surface area contributed by atoms with Gasteiger partial charge in [-0.2, -0.15) is 0 Å². The first-order valence-electron chi connectivity index (χ1n) is 10.8. The molecule has 0 aromatic heterocycles. The van der Waals surface area contributed by atoms with E-state index in [0.29, 0.717) is 14.8 Å². The number of amides is 1. The summed E-state index contributed by atoms with van der Waals surface area (Å²) < 4.78 is 0. The number of carbonyl (C=O) groups is 3. The molecule has 0 spiro atoms. The first kappa shape index (κ1) is 27.0. The van der Waals surface area contributed by atoms with Crippen molar-refractivity contribution in [2.45, 2.75) is 18.7 Å². The minimum absolute atomic E-state index is 0.109. The van der Waals surface area contributed by atoms with Crippen molar-refractivity contribution in [1.82, 2.24) is 0 Å². The second-order valence-electron chi connectivity index (χ2n) is 7.48. The van der Waals surface area contributed by atoms with E-state index >= 15 is 0 Å². The molecule has 2 aromatic carbocycles. The number of thioether (sulfide) groups is 1. The summed E-state index contributed by atoms with van der Waals surface area (Å²) in [6.45, 7) is 3.55. The molecule has 0 radical (unpaired) electrons. The van der Waals surface area contributed by atoms with E-state index in [1.807, 2.05) is 19.1 Å². The third-order valence-electron chi connectivity index (χ3n) is 4.96. The van der Waals surface area contributed by atoms with Crippen molar-refractivity contribution in [2.75, 3.05) is 5.32 Å². The molecule has 180 valence electrons. The van der Waals surface area contributed by atoms with E-state index < -0.39 is 5.91 Å². The lowest BCUT2D eigenvalue weighted by Crippen LogP contribution is -2.24. The van der Waals surface area contributed by atoms with E-state index in [4.69, 9.17) is 29.6 Å². The van der Waals surface area contributed by atoms with E-state index in [9.17, 15) is 14.4 Å². The topological polar surface area (TPSA) is 63.2 Å². The number of carbonyl (C=O) groups excluding carboxylic acids is 3. The molecular formula is C29H21Cl2NO3S. The number of hydrogen-bond acceptors (Lipinski definition) is 4. The second-order valence-corrected chi connectivity index (χ2v) is 9.54. The molecule has 0 saturated carbocycles. The van der Waals surface area contributed by atoms with Gasteiger partial charge >= 0.3 is 0 Å². The molecule has 36 heavy (non-hydrogen) atoms. The van der Waals surface area contributed by atoms with Gasteiger partial charge in [-0.15, -0.1) is 6.42 Å². The predicted octanol–water partition coefficient (Wildman–Crippen LogP) is 7.41. The maximum atomic E-state index is 13.6. The number of fused-ring (bicyclic) bond motifs is 2. The van der Waals surface area contributed by atoms with E-state index in [1.54, 1.807) is 67.6 Å². The van der Waals surface area contributed by atoms with Gasteiger partial charge in [0.25, 0.3) is 0 Å². The molecule has 0 atom stereocenters. The summed E-state index contributed by atoms with van der Waals surface area (Å²) in [7, 11) is 0. The van der Waals surface area contributed by atoms with Crippen LogP contribution in [0.5, 0.6) is 0 Å². The number of rotatable bonds is 7. The fraction of sp³-hybridized carbons (Fsp3) is 0.0690. The Hall–Kier alpha value is -3.56. The number of benzene rings is 2. The van der Waals surface area contributed by atoms with Crippen LogP contribution >= 0.6 is 35.0 Å². The maximum absolute atomic E-state index is 13.6. The molecule has 1 aliphatic carbocycles. The van der Waals surface area contributed by atoms with Gasteiger partial charge in [0.05, 0.1) is 11.3 Å². The molecule has 2 aromatic rings. The van der Waals surface area contributed by atoms with Crippen LogP contribution in [0.1, 0.15) is 45.7 Å². The van der Waals surface area contributed by atoms with Crippen LogP contribution in [0.25, 0.3) is 0 Å². The smallest absolute Gasteiger partial charge is 0.248 e. The number of hydrogen-bond donors (Lipinski definition) is 1. The zero-order valence-corrected chi connectivity index (χ0v) is 21.8. The van der Waals surface area contributed by atoms with Crippen molar-refractivity contribution in [2.24, 2.45) is 0 Å². The molecule has 0 saturated heterocycles. The van der Waals surface area contributed by atoms with Gasteiger partial charge in [-0.05, 0) is 32.1 Å². The van der Waals surface area contributed by atoms with Crippen LogP contribution in [0.15, 0.2) is 98.8 Å². The molecule has 0 fully saturated rings. The van der Waals surface area contributed by atoms with Crippen LogP contribution in [0.3, 0.4) is 0 Å². The van der Waals surface area contributed by atoms with Crippen molar-refractivity contribution in [3.63, 3.8) is 0 Å². The van der Waals surface area contributed by atoms with Crippen molar-refractivity contribution in [3.8, 4) is 12.3 Å². The first-order chi connectivity index (χ1) is 17.3. The number of allylic oxidation sites excluding steroid dienone is 8. The molecule has 0 bridgehead atoms. The van der Waals surface area contributed by atoms with E-state index in [0.717, 1.165) is 11.8 Å². The fourth-order valence-electron chi connectivity index (χ4n) is 3.45. The monoisotopic (exact) mass is 533 g/mol. The van der Waals surface area contributed by atoms with Crippen LogP contribution < -0.4 is 5.32 Å². The Bertz CT molecular complexity index is 1430. The first-order valence-corrected chi connectivity index (χ1v) is 12.4. The van der Waals surface area contributed by atoms with Gasteiger partial charge in [0.2, 0.25) is 5.91 Å². The molecular weight excluding hydrogens is 513 g/mol. The summed E-state index contributed by atoms with van der Waals surface area (Å²) >= 11 is 13.4. The van der Waals surface area contributed by atoms with Crippen molar-refractivity contribution < 1.29 is 14.4 Å². The van der Waals surface area contributed by atoms with E-state index in [-0.39, 0.29) is 44.5 Å². The summed E-state index contributed by atoms with van der Waals surface area (Å²) in [4.78, 5) is 40.6. The molecule has 1 aliphatic rings. The highest BCUT2D eigenvalue weighted by Gasteiger charge is 2.34. The molecule has 0 unspecified atom stereocenters. The summed E-state index contributed by atoms with van der Waals surface area (Å²) in [6.07, 6.45) is 17.2. The molecule has 7 heteroatoms. The maximum Gasteiger partial charge on any atom is 0.248 e. The van der Waals surface area contributed by atoms with Gasteiger partial charge in [-0.1, -0.05) is 95.5 Å². The van der Waals surface area contributed by atoms with Crippen molar-refractivity contribution >= 4 is 58.1 Å². The summed E-state index contributed by atoms with van der Waals surface area (Å²) in [5.74, 6) is 1.22. The SMILES string of the molecule is C#C/C(Cl)=C(\C=C(/C)Cl)Sc1ccc(NC(=O)/C=C/C=C\C=C/C)c2c1C(=O)c1ccccc1C2=O. The average Bonchev–Trinajstić information content (AvgIpc) is 2.86. The van der Waals surface area contributed by atoms with Gasteiger partial charge in [0, 0.05) is 37.6 Å². The van der Waals surface area contributed by atoms with Crippen LogP contribution in [0.4, 0.5) is 5.69 Å². The van der Waals surface area contributed by atoms with Crippen LogP contribution in [0, 0.1) is 12.3 Å². The molecule has 1 amide bonds. The molecule has 0 heterocycles. The van der Waals surface area contributed by atoms with E-state index in [1.165, 1.54) is 6.08 Å². The van der Waals surface area contributed by atoms with Crippen LogP contribution in [0.2, 0.25) is 0 Å². The highest BCUT2D eigenvalue weighted by Crippen LogP contribution is 2.41. The quantitative estimate of drug-likeness (QED) is 0.148. The van der Waals surface area contributed by atoms with Crippen molar-refractivity contribution in [3.05, 3.63) is 116 Å². The number of anilines is 1. The van der Waals surface area contributed by atoms with Gasteiger partial charge in [0.1, 0.15) is 5.03 Å². The predicted molar refractivity (Wildman–Crippen MR) is 149 cm³/mol. The van der Waals surface area contributed by atoms with E-state index in [2.05, 4.69) is 11.2 Å². The Labute approximate surface area is 224 Å². The Kier molecular flexibility index (Phi) is 9.32. The largest absolute Gasteiger partial charge is 0.322 e. The van der Waals surface area contributed by atoms with Gasteiger partial charge in [-0.25, -0.2) is 0 Å². The van der Waals surface area contributed by atoms with Gasteiger partial charge in [0.15, 0.2) is 11.6 Å². The lowest BCUT2D eigenvalue weighted by molar-refractivity contribution is -0.111. The van der Waals surface area contributed by atoms with Crippen LogP contribution in [-0.2, 0) is 4.79 Å². The minimum Gasteiger partial charge on any atom is -0.322 e. The Morgan fingerprint density at radius 1 is 0.972 bits per heavy atom. The highest BCUT2D eigenvalue weighted by atomic mass is 35.5. The normalized spacial score (nSPS) is 14.1. The number of nitrogens with one attached hydrogen (secondary N) is 1. The standard InChI is InChI=1S/C29H21Cl2NO3S/c1-4-6-7-8-9-14-25(33)32-22-15-16-23(36-24(17-18(3)30)21(31)5-2)27-26(22)28(34)19-12-10-11-13-20(19)29(27)35/h2,4,6-17H,1,3H3,(H,32,33)/b6-4-,8-7-,14-9+,18-17+,24-21-. The van der Waals surface area contributed by atoms with Gasteiger partial charge in [-0.3, -0.25) is 14.4 Å². The second kappa shape index (κ2) is 12.4. The number of halogens is 2. The lowest BCUT2D eigenvalue weighted by atomic mass is 9.83. The number of terminal acetylenes is 1. The zero-order valence-electron chi connectivity index (χ0n) is 19.5. The Morgan fingerprint density at radius 3 is 2.22 bits per heavy atom. The molecule has 3 rings (SSSR count). The lowest BCUT2D eigenvalue weighted by Gasteiger charge is -2.23. The average molecular weight is 534 g/mol. The van der Waals surface area contributed by atoms with Gasteiger partial charge < -0.3 is 5.32 Å². The molecule has 4 nitrogen and oxygen atoms in total. The Morgan fingerprint density at radius 2 is 1.61 bits per heavy atom. The van der Waals surface area contributed by atoms with Crippen molar-refractivity contribution in [1.29, 1.82) is 0 Å². The van der Waals surface area contributed by atoms with Crippen LogP contribution in [-0.4, -0.2) is 17.5 Å². The highest BCUT2D eigenvalue weighted by molar-refractivity contribution is 8.03. The summed E-state index contributed by atoms with van der Waals surface area (Å²) in [5, 5.41) is 3.27.